The number of aromatic nitrogens is 1. The summed E-state index contributed by atoms with van der Waals surface area (Å²) in [5.41, 5.74) is 2.67. The monoisotopic (exact) mass is 401 g/mol. The number of benzene rings is 2. The Morgan fingerprint density at radius 1 is 1.15 bits per heavy atom. The van der Waals surface area contributed by atoms with Crippen molar-refractivity contribution in [3.8, 4) is 5.75 Å². The van der Waals surface area contributed by atoms with Crippen molar-refractivity contribution in [2.45, 2.75) is 6.92 Å². The number of hydrogen-bond donors (Lipinski definition) is 0. The van der Waals surface area contributed by atoms with E-state index in [0.29, 0.717) is 23.7 Å². The lowest BCUT2D eigenvalue weighted by Crippen LogP contribution is -2.48. The third-order valence-electron chi connectivity index (χ3n) is 4.85. The third kappa shape index (κ3) is 3.35. The molecule has 3 aromatic rings. The van der Waals surface area contributed by atoms with E-state index in [2.05, 4.69) is 17.9 Å². The molecule has 1 aliphatic heterocycles. The van der Waals surface area contributed by atoms with Gasteiger partial charge < -0.3 is 14.5 Å². The first-order chi connectivity index (χ1) is 13.1. The number of halogens is 1. The van der Waals surface area contributed by atoms with Crippen LogP contribution in [0.3, 0.4) is 0 Å². The number of ether oxygens (including phenoxy) is 1. The minimum Gasteiger partial charge on any atom is -0.494 e. The van der Waals surface area contributed by atoms with Crippen molar-refractivity contribution in [2.75, 3.05) is 38.2 Å². The zero-order valence-electron chi connectivity index (χ0n) is 15.2. The van der Waals surface area contributed by atoms with Crippen LogP contribution in [0.4, 0.5) is 5.13 Å². The average Bonchev–Trinajstić information content (AvgIpc) is 3.15. The summed E-state index contributed by atoms with van der Waals surface area (Å²) in [5, 5.41) is 1.47. The van der Waals surface area contributed by atoms with Gasteiger partial charge in [-0.05, 0) is 30.7 Å². The highest BCUT2D eigenvalue weighted by molar-refractivity contribution is 7.22. The van der Waals surface area contributed by atoms with Crippen molar-refractivity contribution >= 4 is 44.2 Å². The Morgan fingerprint density at radius 3 is 2.59 bits per heavy atom. The number of methoxy groups -OCH3 is 1. The van der Waals surface area contributed by atoms with Gasteiger partial charge in [-0.1, -0.05) is 41.1 Å². The van der Waals surface area contributed by atoms with E-state index in [-0.39, 0.29) is 5.91 Å². The van der Waals surface area contributed by atoms with Gasteiger partial charge in [-0.25, -0.2) is 4.98 Å². The summed E-state index contributed by atoms with van der Waals surface area (Å²) in [7, 11) is 1.67. The number of amides is 1. The van der Waals surface area contributed by atoms with Gasteiger partial charge in [-0.2, -0.15) is 0 Å². The molecule has 0 atom stereocenters. The van der Waals surface area contributed by atoms with E-state index in [1.54, 1.807) is 30.6 Å². The molecule has 1 amide bonds. The maximum absolute atomic E-state index is 12.7. The van der Waals surface area contributed by atoms with Crippen LogP contribution in [0.5, 0.6) is 5.75 Å². The summed E-state index contributed by atoms with van der Waals surface area (Å²) in [4.78, 5) is 21.6. The fraction of sp³-hybridized carbons (Fsp3) is 0.300. The lowest BCUT2D eigenvalue weighted by atomic mass is 10.2. The molecule has 7 heteroatoms. The van der Waals surface area contributed by atoms with Crippen LogP contribution in [0.2, 0.25) is 5.02 Å². The van der Waals surface area contributed by atoms with Crippen molar-refractivity contribution < 1.29 is 9.53 Å². The van der Waals surface area contributed by atoms with E-state index in [4.69, 9.17) is 21.3 Å². The fourth-order valence-electron chi connectivity index (χ4n) is 3.30. The van der Waals surface area contributed by atoms with Crippen molar-refractivity contribution in [1.29, 1.82) is 0 Å². The summed E-state index contributed by atoms with van der Waals surface area (Å²) in [6.07, 6.45) is 0. The molecule has 0 bridgehead atoms. The number of aryl methyl sites for hydroxylation is 1. The van der Waals surface area contributed by atoms with Crippen LogP contribution < -0.4 is 9.64 Å². The highest BCUT2D eigenvalue weighted by atomic mass is 35.5. The summed E-state index contributed by atoms with van der Waals surface area (Å²) in [5.74, 6) is 0.785. The van der Waals surface area contributed by atoms with Crippen LogP contribution in [0.25, 0.3) is 10.2 Å². The third-order valence-corrected chi connectivity index (χ3v) is 6.43. The van der Waals surface area contributed by atoms with Crippen molar-refractivity contribution in [3.05, 3.63) is 52.5 Å². The second-order valence-electron chi connectivity index (χ2n) is 6.52. The summed E-state index contributed by atoms with van der Waals surface area (Å²) >= 11 is 7.85. The zero-order valence-corrected chi connectivity index (χ0v) is 16.8. The van der Waals surface area contributed by atoms with Gasteiger partial charge in [0.2, 0.25) is 0 Å². The highest BCUT2D eigenvalue weighted by Gasteiger charge is 2.25. The molecule has 0 spiro atoms. The molecule has 5 nitrogen and oxygen atoms in total. The first-order valence-electron chi connectivity index (χ1n) is 8.81. The van der Waals surface area contributed by atoms with E-state index in [0.717, 1.165) is 34.2 Å². The maximum Gasteiger partial charge on any atom is 0.255 e. The summed E-state index contributed by atoms with van der Waals surface area (Å²) in [6, 6.07) is 11.2. The SMILES string of the molecule is COc1ccc(C)c2sc(N3CCN(C(=O)c4ccccc4Cl)CC3)nc12. The topological polar surface area (TPSA) is 45.7 Å². The number of hydrogen-bond acceptors (Lipinski definition) is 5. The Kier molecular flexibility index (Phi) is 4.93. The minimum absolute atomic E-state index is 0.0120. The molecule has 1 fully saturated rings. The first kappa shape index (κ1) is 18.1. The van der Waals surface area contributed by atoms with Gasteiger partial charge in [-0.15, -0.1) is 0 Å². The Bertz CT molecular complexity index is 996. The normalized spacial score (nSPS) is 14.6. The molecule has 0 saturated carbocycles. The molecule has 0 radical (unpaired) electrons. The van der Waals surface area contributed by atoms with Crippen LogP contribution in [-0.4, -0.2) is 49.1 Å². The van der Waals surface area contributed by atoms with Gasteiger partial charge in [0.25, 0.3) is 5.91 Å². The lowest BCUT2D eigenvalue weighted by Gasteiger charge is -2.34. The Labute approximate surface area is 167 Å². The van der Waals surface area contributed by atoms with E-state index in [9.17, 15) is 4.79 Å². The number of fused-ring (bicyclic) bond motifs is 1. The molecule has 0 aliphatic carbocycles. The van der Waals surface area contributed by atoms with Crippen molar-refractivity contribution in [1.82, 2.24) is 9.88 Å². The van der Waals surface area contributed by atoms with Crippen LogP contribution in [0.15, 0.2) is 36.4 Å². The molecule has 2 heterocycles. The molecular formula is C20H20ClN3O2S. The highest BCUT2D eigenvalue weighted by Crippen LogP contribution is 2.36. The number of nitrogens with zero attached hydrogens (tertiary/aromatic N) is 3. The van der Waals surface area contributed by atoms with Crippen molar-refractivity contribution in [3.63, 3.8) is 0 Å². The average molecular weight is 402 g/mol. The van der Waals surface area contributed by atoms with E-state index >= 15 is 0 Å². The number of rotatable bonds is 3. The molecule has 0 unspecified atom stereocenters. The molecule has 2 aromatic carbocycles. The fourth-order valence-corrected chi connectivity index (χ4v) is 4.62. The number of carbonyl (C=O) groups excluding carboxylic acids is 1. The summed E-state index contributed by atoms with van der Waals surface area (Å²) in [6.45, 7) is 4.88. The zero-order chi connectivity index (χ0) is 19.0. The van der Waals surface area contributed by atoms with Crippen LogP contribution >= 0.6 is 22.9 Å². The predicted molar refractivity (Wildman–Crippen MR) is 110 cm³/mol. The number of thiazole rings is 1. The second-order valence-corrected chi connectivity index (χ2v) is 7.90. The Morgan fingerprint density at radius 2 is 1.89 bits per heavy atom. The number of piperazine rings is 1. The number of carbonyl (C=O) groups is 1. The number of anilines is 1. The standard InChI is InChI=1S/C20H20ClN3O2S/c1-13-7-8-16(26-2)17-18(13)27-20(22-17)24-11-9-23(10-12-24)19(25)14-5-3-4-6-15(14)21/h3-8H,9-12H2,1-2H3. The molecule has 1 aliphatic rings. The molecule has 140 valence electrons. The van der Waals surface area contributed by atoms with Crippen molar-refractivity contribution in [2.24, 2.45) is 0 Å². The second kappa shape index (κ2) is 7.37. The quantitative estimate of drug-likeness (QED) is 0.658. The first-order valence-corrected chi connectivity index (χ1v) is 10.0. The molecule has 1 saturated heterocycles. The Balaban J connectivity index is 1.51. The molecule has 27 heavy (non-hydrogen) atoms. The van der Waals surface area contributed by atoms with Gasteiger partial charge in [0, 0.05) is 26.2 Å². The van der Waals surface area contributed by atoms with E-state index < -0.39 is 0 Å². The molecular weight excluding hydrogens is 382 g/mol. The van der Waals surface area contributed by atoms with Gasteiger partial charge >= 0.3 is 0 Å². The van der Waals surface area contributed by atoms with Gasteiger partial charge in [0.1, 0.15) is 11.3 Å². The Hall–Kier alpha value is -2.31. The smallest absolute Gasteiger partial charge is 0.255 e. The minimum atomic E-state index is -0.0120. The van der Waals surface area contributed by atoms with Gasteiger partial charge in [0.15, 0.2) is 5.13 Å². The van der Waals surface area contributed by atoms with E-state index in [1.807, 2.05) is 23.1 Å². The van der Waals surface area contributed by atoms with Crippen LogP contribution in [-0.2, 0) is 0 Å². The summed E-state index contributed by atoms with van der Waals surface area (Å²) < 4.78 is 6.60. The van der Waals surface area contributed by atoms with Gasteiger partial charge in [0.05, 0.1) is 22.4 Å². The predicted octanol–water partition coefficient (Wildman–Crippen LogP) is 4.23. The molecule has 4 rings (SSSR count). The lowest BCUT2D eigenvalue weighted by molar-refractivity contribution is 0.0747. The van der Waals surface area contributed by atoms with Gasteiger partial charge in [-0.3, -0.25) is 4.79 Å². The van der Waals surface area contributed by atoms with Crippen LogP contribution in [0.1, 0.15) is 15.9 Å². The van der Waals surface area contributed by atoms with E-state index in [1.165, 1.54) is 5.56 Å². The maximum atomic E-state index is 12.7. The van der Waals surface area contributed by atoms with Crippen LogP contribution in [0, 0.1) is 6.92 Å². The molecule has 0 N–H and O–H groups in total. The largest absolute Gasteiger partial charge is 0.494 e. The molecule has 1 aromatic heterocycles.